The summed E-state index contributed by atoms with van der Waals surface area (Å²) in [5.74, 6) is -2.15. The number of β-lactam (4-membered cyclic amide) rings is 1. The molecule has 31 heavy (non-hydrogen) atoms. The van der Waals surface area contributed by atoms with Crippen molar-refractivity contribution >= 4 is 11.9 Å². The Morgan fingerprint density at radius 1 is 1.23 bits per heavy atom. The van der Waals surface area contributed by atoms with E-state index in [0.29, 0.717) is 19.4 Å². The van der Waals surface area contributed by atoms with Gasteiger partial charge in [-0.15, -0.1) is 0 Å². The molecule has 1 aromatic carbocycles. The van der Waals surface area contributed by atoms with Crippen LogP contribution in [0.2, 0.25) is 0 Å². The van der Waals surface area contributed by atoms with Gasteiger partial charge in [0.25, 0.3) is 0 Å². The van der Waals surface area contributed by atoms with Gasteiger partial charge < -0.3 is 19.7 Å². The summed E-state index contributed by atoms with van der Waals surface area (Å²) in [5, 5.41) is 21.9. The number of benzene rings is 1. The summed E-state index contributed by atoms with van der Waals surface area (Å²) in [6.45, 7) is 8.53. The Labute approximate surface area is 184 Å². The van der Waals surface area contributed by atoms with Crippen molar-refractivity contribution in [1.29, 1.82) is 0 Å². The number of aliphatic hydroxyl groups is 1. The summed E-state index contributed by atoms with van der Waals surface area (Å²) in [7, 11) is 0. The zero-order chi connectivity index (χ0) is 22.8. The number of ether oxygens (including phenoxy) is 1. The molecule has 1 N–H and O–H groups in total. The van der Waals surface area contributed by atoms with Crippen molar-refractivity contribution in [1.82, 2.24) is 4.90 Å². The number of nitrogens with zero attached hydrogens (tertiary/aromatic N) is 1. The van der Waals surface area contributed by atoms with Crippen LogP contribution in [0.3, 0.4) is 0 Å². The van der Waals surface area contributed by atoms with Gasteiger partial charge >= 0.3 is 5.91 Å². The molecule has 2 heterocycles. The highest BCUT2D eigenvalue weighted by atomic mass is 16.5. The fourth-order valence-electron chi connectivity index (χ4n) is 4.79. The Kier molecular flexibility index (Phi) is 7.35. The van der Waals surface area contributed by atoms with E-state index < -0.39 is 24.1 Å². The van der Waals surface area contributed by atoms with Crippen LogP contribution in [0.25, 0.3) is 0 Å². The molecule has 0 spiro atoms. The second-order valence-electron chi connectivity index (χ2n) is 9.87. The fourth-order valence-corrected chi connectivity index (χ4v) is 4.79. The van der Waals surface area contributed by atoms with Crippen molar-refractivity contribution in [2.45, 2.75) is 77.5 Å². The fraction of sp³-hybridized carbons (Fsp3) is 0.600. The molecule has 6 nitrogen and oxygen atoms in total. The van der Waals surface area contributed by atoms with Gasteiger partial charge in [0.15, 0.2) is 12.0 Å². The molecule has 0 saturated carbocycles. The van der Waals surface area contributed by atoms with E-state index in [0.717, 1.165) is 12.8 Å². The van der Waals surface area contributed by atoms with Crippen LogP contribution in [0, 0.1) is 11.3 Å². The van der Waals surface area contributed by atoms with Crippen LogP contribution < -0.4 is 10.0 Å². The molecule has 0 aromatic heterocycles. The van der Waals surface area contributed by atoms with Crippen molar-refractivity contribution in [2.75, 3.05) is 6.61 Å². The summed E-state index contributed by atoms with van der Waals surface area (Å²) in [6.07, 6.45) is 3.35. The van der Waals surface area contributed by atoms with Crippen LogP contribution in [-0.4, -0.2) is 41.8 Å². The third-order valence-electron chi connectivity index (χ3n) is 6.56. The lowest BCUT2D eigenvalue weighted by Gasteiger charge is -2.37. The second kappa shape index (κ2) is 9.63. The van der Waals surface area contributed by atoms with Gasteiger partial charge in [0.2, 0.25) is 5.70 Å². The van der Waals surface area contributed by atoms with Crippen molar-refractivity contribution in [2.24, 2.45) is 11.3 Å². The number of carbonyl (C=O) groups excluding carboxylic acids is 2. The summed E-state index contributed by atoms with van der Waals surface area (Å²) < 4.78 is 6.26. The molecule has 1 radical (unpaired) electrons. The SMILES string of the molecule is CC(O)[C@H]1C(=O)[N+]2C(C(=O)[O-])=C[C@@H](OCC(c3ccccc3)C(C)(C)C)CCCCC12. The maximum atomic E-state index is 12.6. The van der Waals surface area contributed by atoms with E-state index in [1.807, 2.05) is 18.2 Å². The minimum Gasteiger partial charge on any atom is -0.540 e. The Hall–Kier alpha value is -2.02. The highest BCUT2D eigenvalue weighted by Gasteiger charge is 2.62. The van der Waals surface area contributed by atoms with Gasteiger partial charge in [-0.05, 0) is 30.7 Å². The number of carbonyl (C=O) groups is 2. The highest BCUT2D eigenvalue weighted by molar-refractivity contribution is 5.99. The summed E-state index contributed by atoms with van der Waals surface area (Å²) in [6, 6.07) is 9.88. The van der Waals surface area contributed by atoms with Crippen LogP contribution in [0.5, 0.6) is 0 Å². The first-order valence-corrected chi connectivity index (χ1v) is 11.2. The quantitative estimate of drug-likeness (QED) is 0.555. The summed E-state index contributed by atoms with van der Waals surface area (Å²) in [5.41, 5.74) is 1.01. The molecule has 3 unspecified atom stereocenters. The maximum Gasteiger partial charge on any atom is 0.379 e. The molecule has 2 aliphatic heterocycles. The number of hydrogen-bond acceptors (Lipinski definition) is 5. The van der Waals surface area contributed by atoms with E-state index >= 15 is 0 Å². The number of aliphatic carboxylic acids is 1. The van der Waals surface area contributed by atoms with Crippen LogP contribution in [-0.2, 0) is 14.3 Å². The van der Waals surface area contributed by atoms with Crippen molar-refractivity contribution in [3.8, 4) is 0 Å². The molecule has 0 bridgehead atoms. The van der Waals surface area contributed by atoms with E-state index in [-0.39, 0.29) is 29.0 Å². The topological polar surface area (TPSA) is 92.6 Å². The summed E-state index contributed by atoms with van der Waals surface area (Å²) >= 11 is 0. The van der Waals surface area contributed by atoms with Gasteiger partial charge in [-0.25, -0.2) is 4.79 Å². The molecule has 1 fully saturated rings. The zero-order valence-corrected chi connectivity index (χ0v) is 18.9. The molecule has 0 aliphatic carbocycles. The molecule has 3 rings (SSSR count). The van der Waals surface area contributed by atoms with Crippen LogP contribution in [0.1, 0.15) is 64.9 Å². The average molecular weight is 429 g/mol. The molecule has 5 atom stereocenters. The Bertz CT molecular complexity index is 811. The monoisotopic (exact) mass is 428 g/mol. The predicted molar refractivity (Wildman–Crippen MR) is 116 cm³/mol. The first kappa shape index (κ1) is 23.6. The van der Waals surface area contributed by atoms with Crippen LogP contribution >= 0.6 is 0 Å². The standard InChI is InChI=1S/C25H35NO5/c1-16(27)22-20-13-9-8-12-18(14-21(24(29)30)26(20)23(22)28)31-15-19(25(2,3)4)17-10-6-5-7-11-17/h5-7,10-11,14,16,18-20,22,27H,8-9,12-13,15H2,1-4H3,(H,29,30)/q+1/p-1/t16?,18-,19?,20?,22+/m0/s1. The minimum atomic E-state index is -1.38. The summed E-state index contributed by atoms with van der Waals surface area (Å²) in [4.78, 5) is 25.8. The number of carboxylic acid groups (broad SMARTS) is 1. The first-order valence-electron chi connectivity index (χ1n) is 11.2. The number of fused-ring (bicyclic) bond motifs is 1. The smallest absolute Gasteiger partial charge is 0.379 e. The third kappa shape index (κ3) is 5.25. The molecule has 1 aromatic rings. The molecule has 1 amide bonds. The van der Waals surface area contributed by atoms with Gasteiger partial charge in [-0.2, -0.15) is 0 Å². The van der Waals surface area contributed by atoms with E-state index in [1.165, 1.54) is 16.5 Å². The molecule has 6 heteroatoms. The molecule has 2 aliphatic rings. The minimum absolute atomic E-state index is 0.0379. The van der Waals surface area contributed by atoms with Gasteiger partial charge in [0, 0.05) is 18.4 Å². The second-order valence-corrected chi connectivity index (χ2v) is 9.87. The van der Waals surface area contributed by atoms with Crippen LogP contribution in [0.15, 0.2) is 42.1 Å². The highest BCUT2D eigenvalue weighted by Crippen LogP contribution is 2.37. The van der Waals surface area contributed by atoms with E-state index in [2.05, 4.69) is 32.9 Å². The van der Waals surface area contributed by atoms with Crippen molar-refractivity contribution < 1.29 is 24.5 Å². The average Bonchev–Trinajstić information content (AvgIpc) is 2.75. The zero-order valence-electron chi connectivity index (χ0n) is 18.9. The lowest BCUT2D eigenvalue weighted by Crippen LogP contribution is -2.68. The van der Waals surface area contributed by atoms with Gasteiger partial charge in [0.05, 0.1) is 18.8 Å². The lowest BCUT2D eigenvalue weighted by atomic mass is 9.77. The lowest BCUT2D eigenvalue weighted by molar-refractivity contribution is -0.301. The molecule has 169 valence electrons. The van der Waals surface area contributed by atoms with Crippen molar-refractivity contribution in [3.63, 3.8) is 0 Å². The number of hydrogen-bond donors (Lipinski definition) is 1. The number of aliphatic hydroxyl groups excluding tert-OH is 1. The molecular weight excluding hydrogens is 394 g/mol. The van der Waals surface area contributed by atoms with E-state index in [9.17, 15) is 19.8 Å². The maximum absolute atomic E-state index is 12.6. The Balaban J connectivity index is 1.82. The van der Waals surface area contributed by atoms with Crippen LogP contribution in [0.4, 0.5) is 0 Å². The van der Waals surface area contributed by atoms with Gasteiger partial charge in [-0.3, -0.25) is 0 Å². The van der Waals surface area contributed by atoms with Crippen molar-refractivity contribution in [3.05, 3.63) is 47.7 Å². The molecule has 1 saturated heterocycles. The van der Waals surface area contributed by atoms with Gasteiger partial charge in [-0.1, -0.05) is 62.4 Å². The third-order valence-corrected chi connectivity index (χ3v) is 6.56. The predicted octanol–water partition coefficient (Wildman–Crippen LogP) is 2.46. The Morgan fingerprint density at radius 3 is 2.45 bits per heavy atom. The number of amides is 1. The number of carboxylic acids is 1. The van der Waals surface area contributed by atoms with E-state index in [4.69, 9.17) is 4.74 Å². The normalized spacial score (nSPS) is 27.1. The number of rotatable bonds is 6. The largest absolute Gasteiger partial charge is 0.540 e. The first-order chi connectivity index (χ1) is 14.6. The Morgan fingerprint density at radius 2 is 1.87 bits per heavy atom. The molecular formula is C25H34NO5. The van der Waals surface area contributed by atoms with Gasteiger partial charge in [0.1, 0.15) is 5.97 Å². The van der Waals surface area contributed by atoms with E-state index in [1.54, 1.807) is 6.92 Å².